The Bertz CT molecular complexity index is 776. The summed E-state index contributed by atoms with van der Waals surface area (Å²) in [5, 5.41) is 2.24. The molecule has 0 saturated carbocycles. The van der Waals surface area contributed by atoms with E-state index in [-0.39, 0.29) is 11.9 Å². The molecule has 0 aromatic heterocycles. The first kappa shape index (κ1) is 16.2. The summed E-state index contributed by atoms with van der Waals surface area (Å²) in [5.74, 6) is -0.473. The summed E-state index contributed by atoms with van der Waals surface area (Å²) < 4.78 is 4.83. The Balaban J connectivity index is 1.82. The highest BCUT2D eigenvalue weighted by molar-refractivity contribution is 5.98. The van der Waals surface area contributed by atoms with Gasteiger partial charge in [0.25, 0.3) is 0 Å². The first-order chi connectivity index (χ1) is 11.7. The molecule has 1 aliphatic rings. The Labute approximate surface area is 141 Å². The number of rotatable bonds is 3. The molecule has 1 unspecified atom stereocenters. The molecule has 1 saturated heterocycles. The lowest BCUT2D eigenvalue weighted by atomic mass is 10.0. The molecule has 2 aromatic rings. The van der Waals surface area contributed by atoms with E-state index in [9.17, 15) is 9.59 Å². The molecule has 1 aliphatic heterocycles. The molecule has 0 bridgehead atoms. The third-order valence-corrected chi connectivity index (χ3v) is 4.49. The van der Waals surface area contributed by atoms with Crippen molar-refractivity contribution in [2.24, 2.45) is 0 Å². The maximum Gasteiger partial charge on any atom is 0.328 e. The van der Waals surface area contributed by atoms with Crippen LogP contribution in [0.2, 0.25) is 0 Å². The van der Waals surface area contributed by atoms with E-state index in [4.69, 9.17) is 4.74 Å². The smallest absolute Gasteiger partial charge is 0.328 e. The molecule has 4 heteroatoms. The number of fused-ring (bicyclic) bond motifs is 1. The summed E-state index contributed by atoms with van der Waals surface area (Å²) in [4.78, 5) is 26.1. The molecule has 1 atom stereocenters. The molecule has 1 fully saturated rings. The van der Waals surface area contributed by atoms with E-state index >= 15 is 0 Å². The van der Waals surface area contributed by atoms with Crippen LogP contribution in [-0.4, -0.2) is 36.5 Å². The fraction of sp³-hybridized carbons (Fsp3) is 0.300. The number of benzene rings is 2. The van der Waals surface area contributed by atoms with Gasteiger partial charge in [0.1, 0.15) is 6.04 Å². The summed E-state index contributed by atoms with van der Waals surface area (Å²) in [7, 11) is 1.37. The summed E-state index contributed by atoms with van der Waals surface area (Å²) in [5.41, 5.74) is 0.994. The molecule has 24 heavy (non-hydrogen) atoms. The zero-order valence-corrected chi connectivity index (χ0v) is 13.8. The number of amides is 1. The minimum atomic E-state index is -0.464. The molecule has 1 heterocycles. The quantitative estimate of drug-likeness (QED) is 0.642. The van der Waals surface area contributed by atoms with Crippen molar-refractivity contribution in [2.75, 3.05) is 13.7 Å². The van der Waals surface area contributed by atoms with Crippen LogP contribution >= 0.6 is 0 Å². The first-order valence-electron chi connectivity index (χ1n) is 8.25. The second-order valence-corrected chi connectivity index (χ2v) is 5.97. The third-order valence-electron chi connectivity index (χ3n) is 4.49. The van der Waals surface area contributed by atoms with Gasteiger partial charge in [-0.3, -0.25) is 4.79 Å². The number of ether oxygens (including phenoxy) is 1. The number of carbonyl (C=O) groups is 2. The summed E-state index contributed by atoms with van der Waals surface area (Å²) in [6.45, 7) is 0.596. The van der Waals surface area contributed by atoms with Crippen molar-refractivity contribution in [1.29, 1.82) is 0 Å². The lowest BCUT2D eigenvalue weighted by Crippen LogP contribution is -2.47. The fourth-order valence-electron chi connectivity index (χ4n) is 3.23. The van der Waals surface area contributed by atoms with Crippen LogP contribution < -0.4 is 0 Å². The third kappa shape index (κ3) is 3.32. The number of methoxy groups -OCH3 is 1. The lowest BCUT2D eigenvalue weighted by molar-refractivity contribution is -0.153. The molecular formula is C20H21NO3. The van der Waals surface area contributed by atoms with E-state index in [1.54, 1.807) is 11.0 Å². The molecule has 4 nitrogen and oxygen atoms in total. The van der Waals surface area contributed by atoms with Gasteiger partial charge >= 0.3 is 5.97 Å². The van der Waals surface area contributed by atoms with Crippen molar-refractivity contribution in [3.05, 3.63) is 54.1 Å². The molecule has 3 rings (SSSR count). The molecular weight excluding hydrogens is 302 g/mol. The van der Waals surface area contributed by atoms with Crippen molar-refractivity contribution >= 4 is 28.7 Å². The van der Waals surface area contributed by atoms with Crippen LogP contribution in [0.15, 0.2) is 48.5 Å². The topological polar surface area (TPSA) is 46.6 Å². The highest BCUT2D eigenvalue weighted by atomic mass is 16.5. The Hall–Kier alpha value is -2.62. The van der Waals surface area contributed by atoms with Crippen LogP contribution in [0, 0.1) is 0 Å². The Morgan fingerprint density at radius 2 is 1.92 bits per heavy atom. The maximum absolute atomic E-state index is 12.6. The number of esters is 1. The van der Waals surface area contributed by atoms with Crippen LogP contribution in [-0.2, 0) is 14.3 Å². The Kier molecular flexibility index (Phi) is 4.94. The molecule has 2 aromatic carbocycles. The maximum atomic E-state index is 12.6. The molecule has 0 N–H and O–H groups in total. The van der Waals surface area contributed by atoms with Gasteiger partial charge in [-0.1, -0.05) is 42.5 Å². The monoisotopic (exact) mass is 323 g/mol. The summed E-state index contributed by atoms with van der Waals surface area (Å²) >= 11 is 0. The number of carbonyl (C=O) groups excluding carboxylic acids is 2. The number of likely N-dealkylation sites (tertiary alicyclic amines) is 1. The average Bonchev–Trinajstić information content (AvgIpc) is 2.65. The van der Waals surface area contributed by atoms with Crippen molar-refractivity contribution in [3.63, 3.8) is 0 Å². The van der Waals surface area contributed by atoms with Gasteiger partial charge in [0.15, 0.2) is 0 Å². The fourth-order valence-corrected chi connectivity index (χ4v) is 3.23. The van der Waals surface area contributed by atoms with Crippen molar-refractivity contribution in [2.45, 2.75) is 25.3 Å². The van der Waals surface area contributed by atoms with Gasteiger partial charge in [-0.15, -0.1) is 0 Å². The molecule has 0 aliphatic carbocycles. The van der Waals surface area contributed by atoms with E-state index in [1.165, 1.54) is 7.11 Å². The Morgan fingerprint density at radius 3 is 2.75 bits per heavy atom. The Morgan fingerprint density at radius 1 is 1.12 bits per heavy atom. The van der Waals surface area contributed by atoms with Crippen LogP contribution in [0.25, 0.3) is 16.8 Å². The highest BCUT2D eigenvalue weighted by Crippen LogP contribution is 2.21. The van der Waals surface area contributed by atoms with Crippen LogP contribution in [0.4, 0.5) is 0 Å². The van der Waals surface area contributed by atoms with E-state index in [0.717, 1.165) is 29.2 Å². The van der Waals surface area contributed by atoms with Crippen molar-refractivity contribution in [1.82, 2.24) is 4.90 Å². The summed E-state index contributed by atoms with van der Waals surface area (Å²) in [6, 6.07) is 13.6. The van der Waals surface area contributed by atoms with Crippen LogP contribution in [0.5, 0.6) is 0 Å². The zero-order chi connectivity index (χ0) is 16.9. The number of hydrogen-bond donors (Lipinski definition) is 0. The van der Waals surface area contributed by atoms with Gasteiger partial charge in [0.05, 0.1) is 7.11 Å². The van der Waals surface area contributed by atoms with Gasteiger partial charge in [-0.05, 0) is 41.7 Å². The van der Waals surface area contributed by atoms with Crippen LogP contribution in [0.1, 0.15) is 24.8 Å². The van der Waals surface area contributed by atoms with Gasteiger partial charge < -0.3 is 9.64 Å². The second kappa shape index (κ2) is 7.30. The molecule has 1 amide bonds. The number of piperidine rings is 1. The predicted molar refractivity (Wildman–Crippen MR) is 94.4 cm³/mol. The van der Waals surface area contributed by atoms with Gasteiger partial charge in [0.2, 0.25) is 5.91 Å². The van der Waals surface area contributed by atoms with E-state index in [1.807, 2.05) is 48.5 Å². The van der Waals surface area contributed by atoms with Gasteiger partial charge in [-0.25, -0.2) is 4.79 Å². The minimum absolute atomic E-state index is 0.141. The number of nitrogens with zero attached hydrogens (tertiary/aromatic N) is 1. The molecule has 0 spiro atoms. The van der Waals surface area contributed by atoms with E-state index < -0.39 is 6.04 Å². The van der Waals surface area contributed by atoms with Crippen LogP contribution in [0.3, 0.4) is 0 Å². The van der Waals surface area contributed by atoms with E-state index in [0.29, 0.717) is 13.0 Å². The normalized spacial score (nSPS) is 18.0. The zero-order valence-electron chi connectivity index (χ0n) is 13.8. The van der Waals surface area contributed by atoms with E-state index in [2.05, 4.69) is 0 Å². The average molecular weight is 323 g/mol. The largest absolute Gasteiger partial charge is 0.467 e. The SMILES string of the molecule is COC(=O)C1CCCCN1C(=O)/C=C/c1cccc2ccccc12. The number of hydrogen-bond acceptors (Lipinski definition) is 3. The summed E-state index contributed by atoms with van der Waals surface area (Å²) in [6.07, 6.45) is 5.91. The predicted octanol–water partition coefficient (Wildman–Crippen LogP) is 3.41. The highest BCUT2D eigenvalue weighted by Gasteiger charge is 2.31. The standard InChI is InChI=1S/C20H21NO3/c1-24-20(23)18-11-4-5-14-21(18)19(22)13-12-16-9-6-8-15-7-2-3-10-17(15)16/h2-3,6-10,12-13,18H,4-5,11,14H2,1H3/b13-12+. The van der Waals surface area contributed by atoms with Gasteiger partial charge in [0, 0.05) is 12.6 Å². The lowest BCUT2D eigenvalue weighted by Gasteiger charge is -2.32. The minimum Gasteiger partial charge on any atom is -0.467 e. The first-order valence-corrected chi connectivity index (χ1v) is 8.25. The van der Waals surface area contributed by atoms with Crippen molar-refractivity contribution in [3.8, 4) is 0 Å². The second-order valence-electron chi connectivity index (χ2n) is 5.97. The van der Waals surface area contributed by atoms with Crippen molar-refractivity contribution < 1.29 is 14.3 Å². The molecule has 124 valence electrons. The molecule has 0 radical (unpaired) electrons. The van der Waals surface area contributed by atoms with Gasteiger partial charge in [-0.2, -0.15) is 0 Å².